The molecule has 1 aromatic rings. The highest BCUT2D eigenvalue weighted by molar-refractivity contribution is 7.92. The van der Waals surface area contributed by atoms with E-state index in [1.165, 1.54) is 6.07 Å². The van der Waals surface area contributed by atoms with E-state index in [1.54, 1.807) is 10.8 Å². The van der Waals surface area contributed by atoms with E-state index < -0.39 is 46.3 Å². The lowest BCUT2D eigenvalue weighted by molar-refractivity contribution is -0.117. The molecule has 7 nitrogen and oxygen atoms in total. The molecule has 3 rings (SSSR count). The molecule has 0 saturated carbocycles. The summed E-state index contributed by atoms with van der Waals surface area (Å²) >= 11 is 0. The van der Waals surface area contributed by atoms with E-state index in [9.17, 15) is 27.1 Å². The van der Waals surface area contributed by atoms with Gasteiger partial charge in [-0.1, -0.05) is 6.08 Å². The number of alkyl halides is 2. The van der Waals surface area contributed by atoms with Crippen molar-refractivity contribution in [3.63, 3.8) is 0 Å². The lowest BCUT2D eigenvalue weighted by Crippen LogP contribution is -2.30. The Morgan fingerprint density at radius 2 is 2.07 bits per heavy atom. The lowest BCUT2D eigenvalue weighted by atomic mass is 10.0. The van der Waals surface area contributed by atoms with Gasteiger partial charge in [-0.25, -0.2) is 22.2 Å². The van der Waals surface area contributed by atoms with Crippen LogP contribution in [0, 0.1) is 5.82 Å². The number of rotatable bonds is 6. The third-order valence-corrected chi connectivity index (χ3v) is 5.78. The summed E-state index contributed by atoms with van der Waals surface area (Å²) in [6, 6.07) is 2.26. The second kappa shape index (κ2) is 7.39. The van der Waals surface area contributed by atoms with Gasteiger partial charge in [-0.2, -0.15) is 8.42 Å². The summed E-state index contributed by atoms with van der Waals surface area (Å²) < 4.78 is 65.6. The van der Waals surface area contributed by atoms with Crippen molar-refractivity contribution in [3.8, 4) is 5.75 Å². The molecule has 0 radical (unpaired) electrons. The molecule has 1 amide bonds. The summed E-state index contributed by atoms with van der Waals surface area (Å²) in [4.78, 5) is 11.4. The highest BCUT2D eigenvalue weighted by atomic mass is 32.2. The van der Waals surface area contributed by atoms with Gasteiger partial charge in [0.25, 0.3) is 5.91 Å². The van der Waals surface area contributed by atoms with Crippen LogP contribution >= 0.6 is 0 Å². The highest BCUT2D eigenvalue weighted by Gasteiger charge is 2.38. The Labute approximate surface area is 154 Å². The molecule has 0 bridgehead atoms. The first-order valence-electron chi connectivity index (χ1n) is 8.26. The second-order valence-corrected chi connectivity index (χ2v) is 7.93. The van der Waals surface area contributed by atoms with E-state index in [0.29, 0.717) is 22.7 Å². The van der Waals surface area contributed by atoms with Crippen molar-refractivity contribution in [2.45, 2.75) is 31.7 Å². The van der Waals surface area contributed by atoms with Crippen molar-refractivity contribution < 1.29 is 31.5 Å². The van der Waals surface area contributed by atoms with Gasteiger partial charge in [0.1, 0.15) is 18.0 Å². The minimum atomic E-state index is -4.28. The Hall–Kier alpha value is -2.27. The van der Waals surface area contributed by atoms with Crippen molar-refractivity contribution in [1.82, 2.24) is 10.0 Å². The zero-order valence-corrected chi connectivity index (χ0v) is 14.9. The summed E-state index contributed by atoms with van der Waals surface area (Å²) in [5, 5.41) is 13.0. The number of phenols is 1. The van der Waals surface area contributed by atoms with Crippen molar-refractivity contribution >= 4 is 27.4 Å². The van der Waals surface area contributed by atoms with Crippen LogP contribution in [0.1, 0.15) is 24.8 Å². The van der Waals surface area contributed by atoms with E-state index in [0.717, 1.165) is 6.07 Å². The number of carbonyl (C=O) groups is 1. The van der Waals surface area contributed by atoms with E-state index in [2.05, 4.69) is 5.32 Å². The minimum Gasteiger partial charge on any atom is -0.506 e. The van der Waals surface area contributed by atoms with Crippen LogP contribution in [0.5, 0.6) is 5.75 Å². The molecule has 1 atom stereocenters. The van der Waals surface area contributed by atoms with Gasteiger partial charge < -0.3 is 10.4 Å². The Morgan fingerprint density at radius 1 is 1.33 bits per heavy atom. The van der Waals surface area contributed by atoms with Crippen LogP contribution in [0.3, 0.4) is 0 Å². The number of halogens is 3. The van der Waals surface area contributed by atoms with E-state index in [4.69, 9.17) is 0 Å². The third-order valence-electron chi connectivity index (χ3n) is 4.40. The monoisotopic (exact) mass is 405 g/mol. The van der Waals surface area contributed by atoms with Gasteiger partial charge in [0.15, 0.2) is 5.82 Å². The Bertz CT molecular complexity index is 889. The number of nitrogens with zero attached hydrogens (tertiary/aromatic N) is 1. The number of amides is 1. The maximum absolute atomic E-state index is 15.0. The highest BCUT2D eigenvalue weighted by Crippen LogP contribution is 2.38. The fourth-order valence-corrected chi connectivity index (χ4v) is 4.31. The predicted molar refractivity (Wildman–Crippen MR) is 92.1 cm³/mol. The molecule has 1 saturated heterocycles. The smallest absolute Gasteiger partial charge is 0.326 e. The predicted octanol–water partition coefficient (Wildman–Crippen LogP) is 1.50. The molecule has 1 fully saturated rings. The van der Waals surface area contributed by atoms with Gasteiger partial charge in [-0.15, -0.1) is 0 Å². The SMILES string of the molecule is O=C1CN(c2c(O)ccc(C3=CC(CCCC(F)F)NC3)c2F)S(=O)(=O)N1. The largest absolute Gasteiger partial charge is 0.506 e. The van der Waals surface area contributed by atoms with Gasteiger partial charge in [0, 0.05) is 24.6 Å². The minimum absolute atomic E-state index is 0.0706. The Kier molecular flexibility index (Phi) is 5.33. The number of hydrogen-bond acceptors (Lipinski definition) is 5. The lowest BCUT2D eigenvalue weighted by Gasteiger charge is -2.18. The number of hydrogen-bond donors (Lipinski definition) is 3. The molecule has 11 heteroatoms. The molecule has 0 aliphatic carbocycles. The first-order chi connectivity index (χ1) is 12.7. The van der Waals surface area contributed by atoms with Gasteiger partial charge in [-0.05, 0) is 30.5 Å². The van der Waals surface area contributed by atoms with Crippen molar-refractivity contribution in [2.24, 2.45) is 0 Å². The maximum atomic E-state index is 15.0. The molecule has 2 heterocycles. The Balaban J connectivity index is 1.87. The molecule has 2 aliphatic rings. The molecule has 0 spiro atoms. The van der Waals surface area contributed by atoms with E-state index in [-0.39, 0.29) is 24.6 Å². The first kappa shape index (κ1) is 19.5. The summed E-state index contributed by atoms with van der Waals surface area (Å²) in [6.07, 6.45) is -0.119. The van der Waals surface area contributed by atoms with Gasteiger partial charge in [0.05, 0.1) is 0 Å². The number of aromatic hydroxyl groups is 1. The fourth-order valence-electron chi connectivity index (χ4n) is 3.15. The van der Waals surface area contributed by atoms with Crippen LogP contribution in [0.2, 0.25) is 0 Å². The summed E-state index contributed by atoms with van der Waals surface area (Å²) in [7, 11) is -4.28. The van der Waals surface area contributed by atoms with Crippen LogP contribution in [-0.4, -0.2) is 45.0 Å². The van der Waals surface area contributed by atoms with Crippen LogP contribution in [0.25, 0.3) is 5.57 Å². The average Bonchev–Trinajstić information content (AvgIpc) is 3.11. The van der Waals surface area contributed by atoms with Crippen molar-refractivity contribution in [3.05, 3.63) is 29.6 Å². The fraction of sp³-hybridized carbons (Fsp3) is 0.438. The van der Waals surface area contributed by atoms with Gasteiger partial charge in [0.2, 0.25) is 6.43 Å². The van der Waals surface area contributed by atoms with Crippen molar-refractivity contribution in [2.75, 3.05) is 17.4 Å². The zero-order chi connectivity index (χ0) is 19.8. The summed E-state index contributed by atoms with van der Waals surface area (Å²) in [5.74, 6) is -2.42. The second-order valence-electron chi connectivity index (χ2n) is 6.33. The van der Waals surface area contributed by atoms with Gasteiger partial charge >= 0.3 is 10.2 Å². The number of phenolic OH excluding ortho intramolecular Hbond substituents is 1. The van der Waals surface area contributed by atoms with Crippen LogP contribution in [0.4, 0.5) is 18.9 Å². The number of nitrogens with one attached hydrogen (secondary N) is 2. The standard InChI is InChI=1S/C16H18F3N3O4S/c17-13(18)3-1-2-10-6-9(7-20-10)11-4-5-12(23)16(15(11)19)22-8-14(24)21-27(22,25)26/h4-6,10,13,20,23H,1-3,7-8H2,(H,21,24). The van der Waals surface area contributed by atoms with E-state index >= 15 is 4.39 Å². The van der Waals surface area contributed by atoms with E-state index in [1.807, 2.05) is 0 Å². The summed E-state index contributed by atoms with van der Waals surface area (Å²) in [5.41, 5.74) is -0.0132. The number of carbonyl (C=O) groups excluding carboxylic acids is 1. The number of anilines is 1. The Morgan fingerprint density at radius 3 is 2.70 bits per heavy atom. The molecule has 3 N–H and O–H groups in total. The first-order valence-corrected chi connectivity index (χ1v) is 9.70. The normalized spacial score (nSPS) is 21.6. The molecule has 1 aromatic carbocycles. The molecule has 2 aliphatic heterocycles. The quantitative estimate of drug-likeness (QED) is 0.666. The molecule has 0 aromatic heterocycles. The molecule has 1 unspecified atom stereocenters. The number of benzene rings is 1. The van der Waals surface area contributed by atoms with Crippen LogP contribution < -0.4 is 14.3 Å². The van der Waals surface area contributed by atoms with Gasteiger partial charge in [-0.3, -0.25) is 4.79 Å². The molecule has 148 valence electrons. The van der Waals surface area contributed by atoms with Crippen LogP contribution in [-0.2, 0) is 15.0 Å². The molecule has 27 heavy (non-hydrogen) atoms. The average molecular weight is 405 g/mol. The zero-order valence-electron chi connectivity index (χ0n) is 14.1. The van der Waals surface area contributed by atoms with Crippen molar-refractivity contribution in [1.29, 1.82) is 0 Å². The molecular formula is C16H18F3N3O4S. The summed E-state index contributed by atoms with van der Waals surface area (Å²) in [6.45, 7) is -0.367. The third kappa shape index (κ3) is 4.03. The topological polar surface area (TPSA) is 98.7 Å². The molecular weight excluding hydrogens is 387 g/mol. The van der Waals surface area contributed by atoms with Crippen LogP contribution in [0.15, 0.2) is 18.2 Å². The maximum Gasteiger partial charge on any atom is 0.326 e.